The molecular formula is C26H23AsCl2N2. The van der Waals surface area contributed by atoms with Crippen molar-refractivity contribution in [3.63, 3.8) is 0 Å². The van der Waals surface area contributed by atoms with Gasteiger partial charge >= 0.3 is 202 Å². The van der Waals surface area contributed by atoms with Crippen LogP contribution in [-0.2, 0) is 6.42 Å². The van der Waals surface area contributed by atoms with E-state index in [-0.39, 0.29) is 10.6 Å². The Labute approximate surface area is 201 Å². The van der Waals surface area contributed by atoms with Crippen LogP contribution in [0.2, 0.25) is 14.8 Å². The van der Waals surface area contributed by atoms with Crippen molar-refractivity contribution >= 4 is 39.0 Å². The third-order valence-electron chi connectivity index (χ3n) is 5.43. The summed E-state index contributed by atoms with van der Waals surface area (Å²) in [5.74, 6) is 0.259. The number of nitriles is 2. The fourth-order valence-corrected chi connectivity index (χ4v) is 7.83. The molecule has 0 amide bonds. The number of rotatable bonds is 8. The summed E-state index contributed by atoms with van der Waals surface area (Å²) in [4.78, 5) is 0. The molecule has 0 bridgehead atoms. The molecule has 0 saturated carbocycles. The molecule has 3 aromatic carbocycles. The Morgan fingerprint density at radius 3 is 2.26 bits per heavy atom. The van der Waals surface area contributed by atoms with Crippen LogP contribution in [-0.4, -0.2) is 15.8 Å². The molecule has 0 saturated heterocycles. The van der Waals surface area contributed by atoms with Gasteiger partial charge in [0.25, 0.3) is 0 Å². The molecule has 5 heteroatoms. The topological polar surface area (TPSA) is 47.6 Å². The number of halogens is 2. The molecule has 0 radical (unpaired) electrons. The maximum atomic E-state index is 9.45. The van der Waals surface area contributed by atoms with Gasteiger partial charge in [0.1, 0.15) is 0 Å². The summed E-state index contributed by atoms with van der Waals surface area (Å²) in [5.41, 5.74) is 4.22. The molecule has 0 fully saturated rings. The van der Waals surface area contributed by atoms with Gasteiger partial charge in [0.2, 0.25) is 0 Å². The Hall–Kier alpha value is -2.22. The third kappa shape index (κ3) is 6.63. The number of hydrogen-bond acceptors (Lipinski definition) is 2. The van der Waals surface area contributed by atoms with E-state index in [1.807, 2.05) is 48.5 Å². The van der Waals surface area contributed by atoms with Crippen LogP contribution < -0.4 is 0 Å². The Kier molecular flexibility index (Phi) is 8.63. The van der Waals surface area contributed by atoms with Gasteiger partial charge in [-0.2, -0.15) is 0 Å². The predicted octanol–water partition coefficient (Wildman–Crippen LogP) is 7.09. The maximum absolute atomic E-state index is 9.45. The van der Waals surface area contributed by atoms with Crippen molar-refractivity contribution in [3.8, 4) is 12.1 Å². The first kappa shape index (κ1) is 23.4. The van der Waals surface area contributed by atoms with Gasteiger partial charge in [0, 0.05) is 0 Å². The minimum atomic E-state index is -0.544. The molecule has 0 aliphatic rings. The van der Waals surface area contributed by atoms with Gasteiger partial charge in [0.05, 0.1) is 0 Å². The molecule has 2 nitrogen and oxygen atoms in total. The molecule has 0 N–H and O–H groups in total. The second-order valence-electron chi connectivity index (χ2n) is 7.60. The zero-order valence-electron chi connectivity index (χ0n) is 17.2. The molecule has 3 aromatic rings. The van der Waals surface area contributed by atoms with Crippen molar-refractivity contribution in [3.05, 3.63) is 105 Å². The Balaban J connectivity index is 1.91. The van der Waals surface area contributed by atoms with Gasteiger partial charge in [-0.3, -0.25) is 0 Å². The molecule has 3 rings (SSSR count). The molecule has 4 atom stereocenters. The van der Waals surface area contributed by atoms with Crippen LogP contribution in [0.4, 0.5) is 0 Å². The van der Waals surface area contributed by atoms with Gasteiger partial charge in [-0.1, -0.05) is 0 Å². The molecule has 0 aliphatic heterocycles. The number of nitrogens with zero attached hydrogens (tertiary/aromatic N) is 2. The molecule has 0 aromatic heterocycles. The van der Waals surface area contributed by atoms with Crippen LogP contribution >= 0.6 is 23.2 Å². The van der Waals surface area contributed by atoms with Crippen LogP contribution in [0.15, 0.2) is 72.8 Å². The average molecular weight is 509 g/mol. The number of benzene rings is 3. The SMILES string of the molecule is C[C@H]([AsH][C@@H](CC#N)c1cccc(Cl)c1)C(Cc1ccc(Cl)cc1)c1cccc(C#N)c1. The van der Waals surface area contributed by atoms with E-state index in [9.17, 15) is 10.5 Å². The van der Waals surface area contributed by atoms with Crippen LogP contribution in [0.25, 0.3) is 0 Å². The first-order chi connectivity index (χ1) is 15.0. The standard InChI is InChI=1S/C26H23AsCl2N2/c1-18(27-26(12-13-30)22-6-3-7-24(29)16-22)25(15-19-8-10-23(28)11-9-19)21-5-2-4-20(14-21)17-31/h2-11,14,16,18,25-27H,12,15H2,1H3/t18-,25?,26-/m0/s1. The summed E-state index contributed by atoms with van der Waals surface area (Å²) in [6.45, 7) is 2.29. The quantitative estimate of drug-likeness (QED) is 0.305. The van der Waals surface area contributed by atoms with Gasteiger partial charge < -0.3 is 0 Å². The van der Waals surface area contributed by atoms with Gasteiger partial charge in [-0.05, 0) is 0 Å². The van der Waals surface area contributed by atoms with Crippen molar-refractivity contribution in [1.29, 1.82) is 10.5 Å². The van der Waals surface area contributed by atoms with E-state index in [2.05, 4.69) is 43.3 Å². The van der Waals surface area contributed by atoms with Crippen molar-refractivity contribution in [2.75, 3.05) is 0 Å². The van der Waals surface area contributed by atoms with Crippen molar-refractivity contribution in [2.24, 2.45) is 0 Å². The number of hydrogen-bond donors (Lipinski definition) is 0. The van der Waals surface area contributed by atoms with Gasteiger partial charge in [0.15, 0.2) is 0 Å². The fourth-order valence-electron chi connectivity index (χ4n) is 3.82. The molecule has 31 heavy (non-hydrogen) atoms. The Morgan fingerprint density at radius 2 is 1.58 bits per heavy atom. The van der Waals surface area contributed by atoms with Crippen molar-refractivity contribution in [1.82, 2.24) is 0 Å². The molecule has 0 aliphatic carbocycles. The van der Waals surface area contributed by atoms with E-state index in [1.165, 1.54) is 11.1 Å². The Morgan fingerprint density at radius 1 is 0.871 bits per heavy atom. The summed E-state index contributed by atoms with van der Waals surface area (Å²) >= 11 is 11.8. The van der Waals surface area contributed by atoms with E-state index in [1.54, 1.807) is 0 Å². The van der Waals surface area contributed by atoms with Crippen molar-refractivity contribution < 1.29 is 0 Å². The van der Waals surface area contributed by atoms with Gasteiger partial charge in [-0.25, -0.2) is 0 Å². The van der Waals surface area contributed by atoms with E-state index in [0.29, 0.717) is 21.7 Å². The monoisotopic (exact) mass is 508 g/mol. The molecular weight excluding hydrogens is 486 g/mol. The van der Waals surface area contributed by atoms with Crippen LogP contribution in [0.5, 0.6) is 0 Å². The summed E-state index contributed by atoms with van der Waals surface area (Å²) in [6.07, 6.45) is 1.36. The van der Waals surface area contributed by atoms with Crippen LogP contribution in [0.3, 0.4) is 0 Å². The molecule has 0 heterocycles. The van der Waals surface area contributed by atoms with Crippen LogP contribution in [0.1, 0.15) is 46.2 Å². The zero-order chi connectivity index (χ0) is 22.2. The zero-order valence-corrected chi connectivity index (χ0v) is 20.8. The second kappa shape index (κ2) is 11.4. The first-order valence-electron chi connectivity index (χ1n) is 10.1. The molecule has 0 spiro atoms. The van der Waals surface area contributed by atoms with Crippen LogP contribution in [0, 0.1) is 22.7 Å². The fraction of sp³-hybridized carbons (Fsp3) is 0.231. The third-order valence-corrected chi connectivity index (χ3v) is 9.83. The summed E-state index contributed by atoms with van der Waals surface area (Å²) in [7, 11) is 0. The summed E-state index contributed by atoms with van der Waals surface area (Å²) in [5, 5.41) is 20.3. The molecule has 2 unspecified atom stereocenters. The first-order valence-corrected chi connectivity index (χ1v) is 13.3. The van der Waals surface area contributed by atoms with E-state index >= 15 is 0 Å². The second-order valence-corrected chi connectivity index (χ2v) is 12.5. The Bertz CT molecular complexity index is 1100. The summed E-state index contributed by atoms with van der Waals surface area (Å²) in [6, 6.07) is 28.4. The minimum absolute atomic E-state index is 0.227. The predicted molar refractivity (Wildman–Crippen MR) is 130 cm³/mol. The van der Waals surface area contributed by atoms with E-state index < -0.39 is 15.8 Å². The molecule has 156 valence electrons. The van der Waals surface area contributed by atoms with Gasteiger partial charge in [-0.15, -0.1) is 0 Å². The summed E-state index contributed by atoms with van der Waals surface area (Å²) < 4.78 is 0.632. The van der Waals surface area contributed by atoms with Crippen molar-refractivity contribution in [2.45, 2.75) is 35.1 Å². The van der Waals surface area contributed by atoms with E-state index in [0.717, 1.165) is 17.0 Å². The van der Waals surface area contributed by atoms with E-state index in [4.69, 9.17) is 23.2 Å². The average Bonchev–Trinajstić information content (AvgIpc) is 2.78. The normalized spacial score (nSPS) is 14.0.